The van der Waals surface area contributed by atoms with Gasteiger partial charge in [0.25, 0.3) is 5.69 Å². The monoisotopic (exact) mass is 267 g/mol. The highest BCUT2D eigenvalue weighted by Gasteiger charge is 2.25. The lowest BCUT2D eigenvalue weighted by Gasteiger charge is -2.31. The van der Waals surface area contributed by atoms with Gasteiger partial charge >= 0.3 is 0 Å². The molecule has 0 amide bonds. The third-order valence-electron chi connectivity index (χ3n) is 2.69. The van der Waals surface area contributed by atoms with E-state index in [1.807, 2.05) is 6.07 Å². The minimum absolute atomic E-state index is 0.0158. The first-order valence-corrected chi connectivity index (χ1v) is 5.69. The lowest BCUT2D eigenvalue weighted by molar-refractivity contribution is -0.384. The Bertz CT molecular complexity index is 515. The number of anilines is 1. The molecule has 6 nitrogen and oxygen atoms in total. The summed E-state index contributed by atoms with van der Waals surface area (Å²) in [7, 11) is 0. The standard InChI is InChI=1S/C11H10ClN3O3/c12-8-1-2-10(15(16)17)11(5-8)14-3-4-18-9(6-13)7-14/h1-2,5,9H,3-4,7H2. The molecule has 18 heavy (non-hydrogen) atoms. The van der Waals surface area contributed by atoms with Crippen LogP contribution in [-0.4, -0.2) is 30.7 Å². The van der Waals surface area contributed by atoms with Crippen LogP contribution >= 0.6 is 11.6 Å². The van der Waals surface area contributed by atoms with Crippen molar-refractivity contribution in [3.05, 3.63) is 33.3 Å². The molecule has 1 aliphatic rings. The molecule has 0 bridgehead atoms. The fourth-order valence-corrected chi connectivity index (χ4v) is 2.02. The molecule has 1 aliphatic heterocycles. The van der Waals surface area contributed by atoms with Gasteiger partial charge in [0, 0.05) is 17.6 Å². The van der Waals surface area contributed by atoms with E-state index in [1.54, 1.807) is 11.0 Å². The molecule has 0 saturated carbocycles. The summed E-state index contributed by atoms with van der Waals surface area (Å²) >= 11 is 5.87. The summed E-state index contributed by atoms with van der Waals surface area (Å²) < 4.78 is 5.20. The highest BCUT2D eigenvalue weighted by Crippen LogP contribution is 2.32. The number of rotatable bonds is 2. The number of benzene rings is 1. The summed E-state index contributed by atoms with van der Waals surface area (Å²) in [5.41, 5.74) is 0.411. The van der Waals surface area contributed by atoms with Crippen molar-refractivity contribution in [1.29, 1.82) is 5.26 Å². The second-order valence-electron chi connectivity index (χ2n) is 3.82. The molecule has 0 radical (unpaired) electrons. The van der Waals surface area contributed by atoms with E-state index in [9.17, 15) is 10.1 Å². The number of hydrogen-bond donors (Lipinski definition) is 0. The van der Waals surface area contributed by atoms with Crippen molar-refractivity contribution < 1.29 is 9.66 Å². The summed E-state index contributed by atoms with van der Waals surface area (Å²) in [6.07, 6.45) is -0.572. The minimum atomic E-state index is -0.572. The summed E-state index contributed by atoms with van der Waals surface area (Å²) in [6.45, 7) is 1.17. The van der Waals surface area contributed by atoms with Gasteiger partial charge in [-0.2, -0.15) is 5.26 Å². The van der Waals surface area contributed by atoms with Crippen molar-refractivity contribution >= 4 is 23.0 Å². The first-order chi connectivity index (χ1) is 8.61. The van der Waals surface area contributed by atoms with Crippen molar-refractivity contribution in [1.82, 2.24) is 0 Å². The maximum atomic E-state index is 11.0. The lowest BCUT2D eigenvalue weighted by Crippen LogP contribution is -2.42. The molecule has 1 atom stereocenters. The molecule has 94 valence electrons. The quantitative estimate of drug-likeness (QED) is 0.605. The molecule has 7 heteroatoms. The minimum Gasteiger partial charge on any atom is -0.360 e. The van der Waals surface area contributed by atoms with Gasteiger partial charge in [-0.3, -0.25) is 10.1 Å². The second-order valence-corrected chi connectivity index (χ2v) is 4.26. The largest absolute Gasteiger partial charge is 0.360 e. The Morgan fingerprint density at radius 3 is 3.06 bits per heavy atom. The molecule has 0 N–H and O–H groups in total. The van der Waals surface area contributed by atoms with Gasteiger partial charge in [0.05, 0.1) is 24.1 Å². The average molecular weight is 268 g/mol. The first-order valence-electron chi connectivity index (χ1n) is 5.32. The van der Waals surface area contributed by atoms with E-state index in [-0.39, 0.29) is 5.69 Å². The number of hydrogen-bond acceptors (Lipinski definition) is 5. The Labute approximate surface area is 108 Å². The lowest BCUT2D eigenvalue weighted by atomic mass is 10.2. The third-order valence-corrected chi connectivity index (χ3v) is 2.92. The van der Waals surface area contributed by atoms with Crippen LogP contribution in [0.4, 0.5) is 11.4 Å². The molecule has 0 spiro atoms. The Morgan fingerprint density at radius 2 is 2.39 bits per heavy atom. The van der Waals surface area contributed by atoms with Gasteiger partial charge in [0.1, 0.15) is 5.69 Å². The van der Waals surface area contributed by atoms with Crippen LogP contribution in [0.15, 0.2) is 18.2 Å². The second kappa shape index (κ2) is 5.21. The van der Waals surface area contributed by atoms with Crippen LogP contribution < -0.4 is 4.90 Å². The average Bonchev–Trinajstić information content (AvgIpc) is 2.38. The Kier molecular flexibility index (Phi) is 3.65. The first kappa shape index (κ1) is 12.6. The molecular weight excluding hydrogens is 258 g/mol. The van der Waals surface area contributed by atoms with Crippen molar-refractivity contribution in [2.75, 3.05) is 24.6 Å². The van der Waals surface area contributed by atoms with Crippen LogP contribution in [0.5, 0.6) is 0 Å². The van der Waals surface area contributed by atoms with Crippen LogP contribution in [0.25, 0.3) is 0 Å². The third kappa shape index (κ3) is 2.53. The molecule has 2 rings (SSSR count). The predicted octanol–water partition coefficient (Wildman–Crippen LogP) is 1.98. The van der Waals surface area contributed by atoms with E-state index < -0.39 is 11.0 Å². The molecular formula is C11H10ClN3O3. The van der Waals surface area contributed by atoms with Gasteiger partial charge in [0.15, 0.2) is 6.10 Å². The maximum Gasteiger partial charge on any atom is 0.292 e. The van der Waals surface area contributed by atoms with Crippen LogP contribution in [-0.2, 0) is 4.74 Å². The highest BCUT2D eigenvalue weighted by molar-refractivity contribution is 6.31. The van der Waals surface area contributed by atoms with Crippen LogP contribution in [0, 0.1) is 21.4 Å². The van der Waals surface area contributed by atoms with Gasteiger partial charge in [0.2, 0.25) is 0 Å². The van der Waals surface area contributed by atoms with Crippen LogP contribution in [0.3, 0.4) is 0 Å². The van der Waals surface area contributed by atoms with E-state index in [0.717, 1.165) is 0 Å². The number of ether oxygens (including phenoxy) is 1. The maximum absolute atomic E-state index is 11.0. The fourth-order valence-electron chi connectivity index (χ4n) is 1.85. The summed E-state index contributed by atoms with van der Waals surface area (Å²) in [4.78, 5) is 12.3. The number of morpholine rings is 1. The van der Waals surface area contributed by atoms with E-state index in [1.165, 1.54) is 12.1 Å². The van der Waals surface area contributed by atoms with Crippen LogP contribution in [0.2, 0.25) is 5.02 Å². The molecule has 1 aromatic carbocycles. The predicted molar refractivity (Wildman–Crippen MR) is 65.7 cm³/mol. The fraction of sp³-hybridized carbons (Fsp3) is 0.364. The van der Waals surface area contributed by atoms with Gasteiger partial charge < -0.3 is 9.64 Å². The molecule has 0 aliphatic carbocycles. The summed E-state index contributed by atoms with van der Waals surface area (Å²) in [6, 6.07) is 6.39. The number of halogens is 1. The molecule has 1 aromatic rings. The smallest absolute Gasteiger partial charge is 0.292 e. The van der Waals surface area contributed by atoms with E-state index in [0.29, 0.717) is 30.4 Å². The molecule has 1 heterocycles. The number of nitrogens with zero attached hydrogens (tertiary/aromatic N) is 3. The number of nitriles is 1. The number of nitro groups is 1. The zero-order valence-corrected chi connectivity index (χ0v) is 10.1. The molecule has 0 aromatic heterocycles. The zero-order valence-electron chi connectivity index (χ0n) is 9.38. The van der Waals surface area contributed by atoms with Gasteiger partial charge in [-0.1, -0.05) is 11.6 Å². The van der Waals surface area contributed by atoms with E-state index in [2.05, 4.69) is 0 Å². The zero-order chi connectivity index (χ0) is 13.1. The normalized spacial score (nSPS) is 19.3. The summed E-state index contributed by atoms with van der Waals surface area (Å²) in [5.74, 6) is 0. The van der Waals surface area contributed by atoms with Crippen molar-refractivity contribution in [2.45, 2.75) is 6.10 Å². The topological polar surface area (TPSA) is 79.4 Å². The molecule has 1 unspecified atom stereocenters. The molecule has 1 saturated heterocycles. The Balaban J connectivity index is 2.34. The van der Waals surface area contributed by atoms with Crippen molar-refractivity contribution in [3.8, 4) is 6.07 Å². The van der Waals surface area contributed by atoms with Gasteiger partial charge in [-0.05, 0) is 12.1 Å². The van der Waals surface area contributed by atoms with Gasteiger partial charge in [-0.25, -0.2) is 0 Å². The number of nitro benzene ring substituents is 1. The van der Waals surface area contributed by atoms with Crippen LogP contribution in [0.1, 0.15) is 0 Å². The van der Waals surface area contributed by atoms with Crippen molar-refractivity contribution in [2.24, 2.45) is 0 Å². The Morgan fingerprint density at radius 1 is 1.61 bits per heavy atom. The Hall–Kier alpha value is -1.84. The van der Waals surface area contributed by atoms with E-state index >= 15 is 0 Å². The van der Waals surface area contributed by atoms with E-state index in [4.69, 9.17) is 21.6 Å². The highest BCUT2D eigenvalue weighted by atomic mass is 35.5. The van der Waals surface area contributed by atoms with Gasteiger partial charge in [-0.15, -0.1) is 0 Å². The molecule has 1 fully saturated rings. The van der Waals surface area contributed by atoms with Crippen molar-refractivity contribution in [3.63, 3.8) is 0 Å². The summed E-state index contributed by atoms with van der Waals surface area (Å²) in [5, 5.41) is 20.2. The SMILES string of the molecule is N#CC1CN(c2cc(Cl)ccc2[N+](=O)[O-])CCO1.